The zero-order valence-electron chi connectivity index (χ0n) is 13.9. The molecule has 1 aromatic rings. The number of hydrogen-bond donors (Lipinski definition) is 0. The summed E-state index contributed by atoms with van der Waals surface area (Å²) in [6.45, 7) is 1.66. The molecule has 0 radical (unpaired) electrons. The van der Waals surface area contributed by atoms with Gasteiger partial charge in [0, 0.05) is 18.6 Å². The summed E-state index contributed by atoms with van der Waals surface area (Å²) < 4.78 is 4.88. The van der Waals surface area contributed by atoms with E-state index in [0.717, 1.165) is 5.57 Å². The molecule has 0 N–H and O–H groups in total. The third kappa shape index (κ3) is 3.56. The van der Waals surface area contributed by atoms with Crippen LogP contribution in [-0.2, 0) is 25.8 Å². The Morgan fingerprint density at radius 1 is 1.31 bits per heavy atom. The lowest BCUT2D eigenvalue weighted by molar-refractivity contribution is -0.384. The molecule has 1 heterocycles. The fourth-order valence-corrected chi connectivity index (χ4v) is 3.05. The number of amides is 2. The van der Waals surface area contributed by atoms with Gasteiger partial charge in [0.1, 0.15) is 6.61 Å². The number of nitro groups is 1. The zero-order chi connectivity index (χ0) is 18.8. The van der Waals surface area contributed by atoms with Gasteiger partial charge in [0.15, 0.2) is 0 Å². The van der Waals surface area contributed by atoms with Gasteiger partial charge >= 0.3 is 6.16 Å². The van der Waals surface area contributed by atoms with Gasteiger partial charge in [0.25, 0.3) is 17.5 Å². The first kappa shape index (κ1) is 17.6. The Morgan fingerprint density at radius 2 is 2.00 bits per heavy atom. The van der Waals surface area contributed by atoms with Gasteiger partial charge in [-0.25, -0.2) is 4.79 Å². The molecule has 1 aliphatic carbocycles. The first-order valence-corrected chi connectivity index (χ1v) is 7.98. The maximum atomic E-state index is 12.3. The average molecular weight is 360 g/mol. The first-order valence-electron chi connectivity index (χ1n) is 7.98. The quantitative estimate of drug-likeness (QED) is 0.266. The van der Waals surface area contributed by atoms with Crippen LogP contribution in [-0.4, -0.2) is 28.0 Å². The normalized spacial score (nSPS) is 21.9. The molecule has 3 rings (SSSR count). The highest BCUT2D eigenvalue weighted by molar-refractivity contribution is 5.98. The summed E-state index contributed by atoms with van der Waals surface area (Å²) in [7, 11) is 0. The van der Waals surface area contributed by atoms with Gasteiger partial charge in [-0.05, 0) is 37.0 Å². The van der Waals surface area contributed by atoms with Crippen LogP contribution in [0.4, 0.5) is 10.5 Å². The van der Waals surface area contributed by atoms with E-state index in [1.54, 1.807) is 6.08 Å². The molecule has 1 aromatic carbocycles. The number of ether oxygens (including phenoxy) is 1. The lowest BCUT2D eigenvalue weighted by Gasteiger charge is -2.20. The van der Waals surface area contributed by atoms with Crippen LogP contribution in [0, 0.1) is 22.0 Å². The number of imide groups is 1. The number of rotatable bonds is 4. The number of carbonyl (C=O) groups is 3. The van der Waals surface area contributed by atoms with Crippen molar-refractivity contribution in [2.75, 3.05) is 0 Å². The first-order chi connectivity index (χ1) is 12.3. The number of allylic oxidation sites excluding steroid dienone is 1. The second kappa shape index (κ2) is 6.95. The Labute approximate surface area is 148 Å². The Bertz CT molecular complexity index is 800. The van der Waals surface area contributed by atoms with Gasteiger partial charge in [-0.2, -0.15) is 0 Å². The van der Waals surface area contributed by atoms with E-state index in [4.69, 9.17) is 9.57 Å². The smallest absolute Gasteiger partial charge is 0.428 e. The van der Waals surface area contributed by atoms with Crippen molar-refractivity contribution in [3.05, 3.63) is 51.6 Å². The summed E-state index contributed by atoms with van der Waals surface area (Å²) >= 11 is 0. The van der Waals surface area contributed by atoms with E-state index in [1.165, 1.54) is 24.3 Å². The maximum Gasteiger partial charge on any atom is 0.534 e. The topological polar surface area (TPSA) is 116 Å². The predicted octanol–water partition coefficient (Wildman–Crippen LogP) is 2.50. The number of nitro benzene ring substituents is 1. The van der Waals surface area contributed by atoms with E-state index < -0.39 is 28.8 Å². The minimum atomic E-state index is -1.19. The van der Waals surface area contributed by atoms with E-state index >= 15 is 0 Å². The van der Waals surface area contributed by atoms with Gasteiger partial charge in [0.05, 0.1) is 10.8 Å². The molecule has 0 saturated carbocycles. The minimum Gasteiger partial charge on any atom is -0.428 e. The van der Waals surface area contributed by atoms with E-state index in [1.807, 2.05) is 6.92 Å². The predicted molar refractivity (Wildman–Crippen MR) is 86.2 cm³/mol. The van der Waals surface area contributed by atoms with Gasteiger partial charge in [-0.3, -0.25) is 24.5 Å². The fourth-order valence-electron chi connectivity index (χ4n) is 3.05. The van der Waals surface area contributed by atoms with Crippen molar-refractivity contribution < 1.29 is 28.9 Å². The molecule has 1 saturated heterocycles. The third-order valence-corrected chi connectivity index (χ3v) is 4.48. The second-order valence-electron chi connectivity index (χ2n) is 6.23. The number of carbonyl (C=O) groups excluding carboxylic acids is 3. The van der Waals surface area contributed by atoms with Gasteiger partial charge in [-0.15, -0.1) is 0 Å². The van der Waals surface area contributed by atoms with E-state index in [2.05, 4.69) is 0 Å². The SMILES string of the molecule is CC1=C[C@@H]2C[C@@H]1CC(=O)N(OC(=O)OCc1ccc([N+](=O)[O-])cc1)C2=O. The summed E-state index contributed by atoms with van der Waals surface area (Å²) in [5.74, 6) is -1.65. The molecule has 0 aromatic heterocycles. The summed E-state index contributed by atoms with van der Waals surface area (Å²) in [6.07, 6.45) is 1.23. The molecule has 1 fully saturated rings. The lowest BCUT2D eigenvalue weighted by Crippen LogP contribution is -2.40. The van der Waals surface area contributed by atoms with Crippen LogP contribution in [0.1, 0.15) is 25.3 Å². The molecule has 0 unspecified atom stereocenters. The van der Waals surface area contributed by atoms with Crippen molar-refractivity contribution in [3.63, 3.8) is 0 Å². The number of hydrogen-bond acceptors (Lipinski definition) is 7. The average Bonchev–Trinajstić information content (AvgIpc) is 2.93. The van der Waals surface area contributed by atoms with Crippen molar-refractivity contribution in [1.82, 2.24) is 5.06 Å². The highest BCUT2D eigenvalue weighted by atomic mass is 16.8. The maximum absolute atomic E-state index is 12.3. The van der Waals surface area contributed by atoms with Crippen LogP contribution < -0.4 is 0 Å². The molecule has 2 atom stereocenters. The number of benzene rings is 1. The molecule has 9 nitrogen and oxygen atoms in total. The number of fused-ring (bicyclic) bond motifs is 2. The standard InChI is InChI=1S/C17H16N2O7/c1-10-6-13-7-12(10)8-15(20)18(16(13)21)26-17(22)25-9-11-2-4-14(5-3-11)19(23)24/h2-6,12-13H,7-9H2,1H3/t12-,13-/m1/s1. The van der Waals surface area contributed by atoms with Crippen molar-refractivity contribution in [2.24, 2.45) is 11.8 Å². The monoisotopic (exact) mass is 360 g/mol. The molecule has 136 valence electrons. The third-order valence-electron chi connectivity index (χ3n) is 4.48. The molecule has 1 aliphatic heterocycles. The number of nitrogens with zero attached hydrogens (tertiary/aromatic N) is 2. The highest BCUT2D eigenvalue weighted by Crippen LogP contribution is 2.37. The second-order valence-corrected chi connectivity index (χ2v) is 6.23. The Balaban J connectivity index is 1.58. The fraction of sp³-hybridized carbons (Fsp3) is 0.353. The lowest BCUT2D eigenvalue weighted by atomic mass is 9.98. The van der Waals surface area contributed by atoms with Crippen molar-refractivity contribution in [3.8, 4) is 0 Å². The van der Waals surface area contributed by atoms with Crippen LogP contribution in [0.15, 0.2) is 35.9 Å². The Hall–Kier alpha value is -3.23. The molecule has 2 bridgehead atoms. The largest absolute Gasteiger partial charge is 0.534 e. The highest BCUT2D eigenvalue weighted by Gasteiger charge is 2.42. The number of hydroxylamine groups is 2. The van der Waals surface area contributed by atoms with E-state index in [0.29, 0.717) is 17.0 Å². The molecular weight excluding hydrogens is 344 g/mol. The van der Waals surface area contributed by atoms with Crippen LogP contribution in [0.2, 0.25) is 0 Å². The van der Waals surface area contributed by atoms with E-state index in [-0.39, 0.29) is 24.6 Å². The molecule has 2 aliphatic rings. The zero-order valence-corrected chi connectivity index (χ0v) is 13.9. The minimum absolute atomic E-state index is 0.0128. The Kier molecular flexibility index (Phi) is 4.70. The van der Waals surface area contributed by atoms with Gasteiger partial charge in [0.2, 0.25) is 0 Å². The Morgan fingerprint density at radius 3 is 2.65 bits per heavy atom. The molecule has 0 spiro atoms. The van der Waals surface area contributed by atoms with Crippen LogP contribution in [0.3, 0.4) is 0 Å². The van der Waals surface area contributed by atoms with Gasteiger partial charge < -0.3 is 4.74 Å². The van der Waals surface area contributed by atoms with Crippen LogP contribution >= 0.6 is 0 Å². The number of non-ortho nitro benzene ring substituents is 1. The van der Waals surface area contributed by atoms with E-state index in [9.17, 15) is 24.5 Å². The summed E-state index contributed by atoms with van der Waals surface area (Å²) in [6, 6.07) is 5.41. The van der Waals surface area contributed by atoms with Crippen molar-refractivity contribution in [2.45, 2.75) is 26.4 Å². The molecule has 2 amide bonds. The molecule has 9 heteroatoms. The van der Waals surface area contributed by atoms with Gasteiger partial charge in [-0.1, -0.05) is 16.7 Å². The van der Waals surface area contributed by atoms with Crippen molar-refractivity contribution in [1.29, 1.82) is 0 Å². The van der Waals surface area contributed by atoms with Crippen LogP contribution in [0.5, 0.6) is 0 Å². The summed E-state index contributed by atoms with van der Waals surface area (Å²) in [4.78, 5) is 51.2. The molecule has 26 heavy (non-hydrogen) atoms. The van der Waals surface area contributed by atoms with Crippen LogP contribution in [0.25, 0.3) is 0 Å². The van der Waals surface area contributed by atoms with Crippen molar-refractivity contribution >= 4 is 23.7 Å². The summed E-state index contributed by atoms with van der Waals surface area (Å²) in [5.41, 5.74) is 1.41. The summed E-state index contributed by atoms with van der Waals surface area (Å²) in [5, 5.41) is 11.1. The molecular formula is C17H16N2O7.